The smallest absolute Gasteiger partial charge is 0.174 e. The lowest BCUT2D eigenvalue weighted by Crippen LogP contribution is -2.46. The number of likely N-dealkylation sites (N-methyl/N-ethyl adjacent to an activating group) is 1. The van der Waals surface area contributed by atoms with E-state index in [1.807, 2.05) is 30.3 Å². The monoisotopic (exact) mass is 600 g/mol. The molecule has 1 aliphatic rings. The Kier molecular flexibility index (Phi) is 12.1. The number of nitrogens with zero attached hydrogens (tertiary/aromatic N) is 3. The molecule has 0 bridgehead atoms. The number of nitrogens with one attached hydrogen (secondary N) is 1. The average Bonchev–Trinajstić information content (AvgIpc) is 3.50. The molecule has 4 aromatic rings. The Labute approximate surface area is 248 Å². The zero-order valence-electron chi connectivity index (χ0n) is 21.9. The minimum Gasteiger partial charge on any atom is -0.493 e. The Hall–Kier alpha value is -2.09. The highest BCUT2D eigenvalue weighted by Crippen LogP contribution is 2.30. The van der Waals surface area contributed by atoms with E-state index in [-0.39, 0.29) is 37.2 Å². The number of aromatic nitrogens is 2. The zero-order valence-corrected chi connectivity index (χ0v) is 25.1. The maximum Gasteiger partial charge on any atom is 0.174 e. The van der Waals surface area contributed by atoms with Crippen LogP contribution in [0.3, 0.4) is 0 Å². The normalized spacial score (nSPS) is 13.7. The predicted octanol–water partition coefficient (Wildman–Crippen LogP) is 7.51. The van der Waals surface area contributed by atoms with Crippen LogP contribution < -0.4 is 9.64 Å². The highest BCUT2D eigenvalue weighted by atomic mass is 35.5. The van der Waals surface area contributed by atoms with E-state index in [0.717, 1.165) is 72.4 Å². The highest BCUT2D eigenvalue weighted by molar-refractivity contribution is 6.30. The molecule has 1 aliphatic heterocycles. The largest absolute Gasteiger partial charge is 0.493 e. The van der Waals surface area contributed by atoms with Crippen LogP contribution in [0.2, 0.25) is 5.02 Å². The summed E-state index contributed by atoms with van der Waals surface area (Å²) < 4.78 is 12.2. The van der Waals surface area contributed by atoms with Crippen molar-refractivity contribution in [2.45, 2.75) is 27.2 Å². The van der Waals surface area contributed by atoms with Crippen LogP contribution in [0.15, 0.2) is 52.9 Å². The van der Waals surface area contributed by atoms with Gasteiger partial charge in [-0.25, -0.2) is 4.98 Å². The number of furan rings is 1. The number of imidazole rings is 1. The topological polar surface area (TPSA) is 57.5 Å². The molecule has 10 heteroatoms. The molecule has 0 amide bonds. The van der Waals surface area contributed by atoms with Gasteiger partial charge >= 0.3 is 0 Å². The zero-order chi connectivity index (χ0) is 24.4. The van der Waals surface area contributed by atoms with Gasteiger partial charge in [-0.15, -0.1) is 37.2 Å². The van der Waals surface area contributed by atoms with Gasteiger partial charge in [0.15, 0.2) is 11.6 Å². The van der Waals surface area contributed by atoms with Gasteiger partial charge in [-0.3, -0.25) is 0 Å². The molecule has 0 spiro atoms. The lowest BCUT2D eigenvalue weighted by atomic mass is 10.1. The number of hydrogen-bond acceptors (Lipinski definition) is 5. The Morgan fingerprint density at radius 3 is 2.47 bits per heavy atom. The van der Waals surface area contributed by atoms with Crippen LogP contribution >= 0.6 is 48.8 Å². The maximum absolute atomic E-state index is 6.27. The molecular formula is C28H36Cl4N4O2. The number of hydrogen-bond donors (Lipinski definition) is 1. The molecule has 1 fully saturated rings. The summed E-state index contributed by atoms with van der Waals surface area (Å²) in [4.78, 5) is 13.2. The first-order valence-corrected chi connectivity index (χ1v) is 12.8. The first-order valence-electron chi connectivity index (χ1n) is 12.5. The second kappa shape index (κ2) is 14.3. The van der Waals surface area contributed by atoms with Crippen LogP contribution in [0.1, 0.15) is 32.1 Å². The molecular weight excluding hydrogens is 566 g/mol. The van der Waals surface area contributed by atoms with Crippen molar-refractivity contribution in [1.29, 1.82) is 0 Å². The number of H-pyrrole nitrogens is 1. The Bertz CT molecular complexity index is 1300. The third-order valence-electron chi connectivity index (χ3n) is 6.51. The fourth-order valence-electron chi connectivity index (χ4n) is 4.50. The van der Waals surface area contributed by atoms with E-state index in [1.54, 1.807) is 0 Å². The lowest BCUT2D eigenvalue weighted by molar-refractivity contribution is 0.268. The number of rotatable bonds is 8. The summed E-state index contributed by atoms with van der Waals surface area (Å²) in [6.45, 7) is 12.6. The number of ether oxygens (including phenoxy) is 1. The van der Waals surface area contributed by atoms with Gasteiger partial charge in [-0.05, 0) is 61.0 Å². The third kappa shape index (κ3) is 7.51. The van der Waals surface area contributed by atoms with Gasteiger partial charge in [-0.2, -0.15) is 0 Å². The highest BCUT2D eigenvalue weighted by Gasteiger charge is 2.18. The summed E-state index contributed by atoms with van der Waals surface area (Å²) in [5.74, 6) is 3.59. The van der Waals surface area contributed by atoms with Gasteiger partial charge in [0.25, 0.3) is 0 Å². The van der Waals surface area contributed by atoms with E-state index in [2.05, 4.69) is 53.8 Å². The molecule has 0 radical (unpaired) electrons. The van der Waals surface area contributed by atoms with E-state index >= 15 is 0 Å². The first-order chi connectivity index (χ1) is 17.0. The molecule has 0 unspecified atom stereocenters. The van der Waals surface area contributed by atoms with Crippen LogP contribution in [0, 0.1) is 5.92 Å². The maximum atomic E-state index is 6.27. The molecule has 2 aromatic carbocycles. The number of piperazine rings is 1. The summed E-state index contributed by atoms with van der Waals surface area (Å²) in [6.07, 6.45) is 0.599. The summed E-state index contributed by atoms with van der Waals surface area (Å²) in [6, 6.07) is 16.2. The Balaban J connectivity index is 0.00000169. The van der Waals surface area contributed by atoms with E-state index in [1.165, 1.54) is 5.69 Å². The van der Waals surface area contributed by atoms with Crippen LogP contribution in [0.25, 0.3) is 22.6 Å². The van der Waals surface area contributed by atoms with Gasteiger partial charge in [0, 0.05) is 48.9 Å². The first kappa shape index (κ1) is 32.1. The summed E-state index contributed by atoms with van der Waals surface area (Å²) in [5, 5.41) is 0.688. The average molecular weight is 602 g/mol. The van der Waals surface area contributed by atoms with Gasteiger partial charge in [0.2, 0.25) is 0 Å². The molecule has 0 atom stereocenters. The number of benzene rings is 2. The number of anilines is 1. The number of fused-ring (bicyclic) bond motifs is 1. The van der Waals surface area contributed by atoms with Crippen molar-refractivity contribution in [2.24, 2.45) is 5.92 Å². The minimum absolute atomic E-state index is 0. The Morgan fingerprint density at radius 1 is 1.00 bits per heavy atom. The molecule has 6 nitrogen and oxygen atoms in total. The molecule has 3 heterocycles. The molecule has 208 valence electrons. The van der Waals surface area contributed by atoms with Crippen LogP contribution in [-0.4, -0.2) is 54.2 Å². The summed E-state index contributed by atoms with van der Waals surface area (Å²) >= 11 is 6.27. The minimum atomic E-state index is 0. The van der Waals surface area contributed by atoms with Crippen molar-refractivity contribution in [3.05, 3.63) is 64.9 Å². The Morgan fingerprint density at radius 2 is 1.76 bits per heavy atom. The standard InChI is InChI=1S/C28H33ClN4O2.3ClH/c1-4-32-11-13-33(14-12-32)22-6-8-24-25(17-22)31-28(30-24)27-10-7-23(35-27)16-20-15-21(29)5-9-26(20)34-18-19(2)3;;;/h5-10,15,17,19H,4,11-14,16,18H2,1-3H3,(H,30,31);3*1H. The van der Waals surface area contributed by atoms with Crippen molar-refractivity contribution in [3.8, 4) is 17.3 Å². The van der Waals surface area contributed by atoms with Gasteiger partial charge in [-0.1, -0.05) is 32.4 Å². The molecule has 1 saturated heterocycles. The second-order valence-corrected chi connectivity index (χ2v) is 10.0. The molecule has 38 heavy (non-hydrogen) atoms. The van der Waals surface area contributed by atoms with Crippen LogP contribution in [0.4, 0.5) is 5.69 Å². The fraction of sp³-hybridized carbons (Fsp3) is 0.393. The van der Waals surface area contributed by atoms with Crippen molar-refractivity contribution < 1.29 is 9.15 Å². The molecule has 2 aromatic heterocycles. The molecule has 0 saturated carbocycles. The summed E-state index contributed by atoms with van der Waals surface area (Å²) in [5.41, 5.74) is 4.19. The van der Waals surface area contributed by atoms with E-state index in [0.29, 0.717) is 24.0 Å². The van der Waals surface area contributed by atoms with Gasteiger partial charge < -0.3 is 23.9 Å². The van der Waals surface area contributed by atoms with E-state index in [9.17, 15) is 0 Å². The predicted molar refractivity (Wildman–Crippen MR) is 164 cm³/mol. The van der Waals surface area contributed by atoms with Crippen molar-refractivity contribution in [3.63, 3.8) is 0 Å². The van der Waals surface area contributed by atoms with Crippen LogP contribution in [-0.2, 0) is 6.42 Å². The van der Waals surface area contributed by atoms with Gasteiger partial charge in [0.05, 0.1) is 17.6 Å². The van der Waals surface area contributed by atoms with Crippen molar-refractivity contribution >= 4 is 65.5 Å². The van der Waals surface area contributed by atoms with Crippen molar-refractivity contribution in [1.82, 2.24) is 14.9 Å². The SMILES string of the molecule is CCN1CCN(c2ccc3[nH]c(-c4ccc(Cc5cc(Cl)ccc5OCC(C)C)o4)nc3c2)CC1.Cl.Cl.Cl. The molecule has 1 N–H and O–H groups in total. The fourth-order valence-corrected chi connectivity index (χ4v) is 4.70. The van der Waals surface area contributed by atoms with Crippen molar-refractivity contribution in [2.75, 3.05) is 44.2 Å². The third-order valence-corrected chi connectivity index (χ3v) is 6.74. The summed E-state index contributed by atoms with van der Waals surface area (Å²) in [7, 11) is 0. The molecule has 5 rings (SSSR count). The number of halogens is 4. The quantitative estimate of drug-likeness (QED) is 0.226. The molecule has 0 aliphatic carbocycles. The second-order valence-electron chi connectivity index (χ2n) is 9.61. The van der Waals surface area contributed by atoms with E-state index < -0.39 is 0 Å². The number of aromatic amines is 1. The van der Waals surface area contributed by atoms with E-state index in [4.69, 9.17) is 25.7 Å². The lowest BCUT2D eigenvalue weighted by Gasteiger charge is -2.35. The van der Waals surface area contributed by atoms with Crippen LogP contribution in [0.5, 0.6) is 5.75 Å². The van der Waals surface area contributed by atoms with Gasteiger partial charge in [0.1, 0.15) is 11.5 Å².